The zero-order valence-electron chi connectivity index (χ0n) is 22.7. The standard InChI is InChI=1S/C29H40O8/c1-15-13-21(36-23(31)16(15)2)26(5,32)28(34)12-11-27(33)18-14-22-29(37-22)20(35-6)8-7-19(30)25(29,4)17(18)9-10-24(27,28)3/h7-8,17-18,20-22,32-34H,9-14H2,1-6H3/t17-,18+,20-,21+,22+,24-,25-,26-,27+,28-,29+/m0/s1. The van der Waals surface area contributed by atoms with E-state index in [0.717, 1.165) is 5.57 Å². The summed E-state index contributed by atoms with van der Waals surface area (Å²) in [7, 11) is 1.63. The van der Waals surface area contributed by atoms with Gasteiger partial charge in [-0.25, -0.2) is 4.79 Å². The first kappa shape index (κ1) is 25.7. The quantitative estimate of drug-likeness (QED) is 0.386. The van der Waals surface area contributed by atoms with Crippen molar-refractivity contribution in [3.8, 4) is 0 Å². The van der Waals surface area contributed by atoms with E-state index in [1.807, 2.05) is 20.8 Å². The predicted molar refractivity (Wildman–Crippen MR) is 132 cm³/mol. The van der Waals surface area contributed by atoms with Crippen LogP contribution in [0.15, 0.2) is 23.3 Å². The number of fused-ring (bicyclic) bond motifs is 4. The molecule has 4 aliphatic carbocycles. The van der Waals surface area contributed by atoms with E-state index in [9.17, 15) is 24.9 Å². The third kappa shape index (κ3) is 2.62. The van der Waals surface area contributed by atoms with E-state index < -0.39 is 45.3 Å². The molecular formula is C29H40O8. The highest BCUT2D eigenvalue weighted by Gasteiger charge is 2.84. The topological polar surface area (TPSA) is 126 Å². The van der Waals surface area contributed by atoms with Gasteiger partial charge in [-0.2, -0.15) is 0 Å². The second kappa shape index (κ2) is 7.33. The summed E-state index contributed by atoms with van der Waals surface area (Å²) in [6, 6.07) is 0. The Labute approximate surface area is 218 Å². The molecule has 6 rings (SSSR count). The maximum absolute atomic E-state index is 13.5. The van der Waals surface area contributed by atoms with Gasteiger partial charge in [-0.15, -0.1) is 0 Å². The maximum atomic E-state index is 13.5. The number of carbonyl (C=O) groups is 2. The van der Waals surface area contributed by atoms with Gasteiger partial charge in [0.2, 0.25) is 0 Å². The monoisotopic (exact) mass is 516 g/mol. The van der Waals surface area contributed by atoms with Crippen LogP contribution < -0.4 is 0 Å². The number of ether oxygens (including phenoxy) is 3. The van der Waals surface area contributed by atoms with Crippen LogP contribution in [-0.2, 0) is 23.8 Å². The van der Waals surface area contributed by atoms with Crippen molar-refractivity contribution in [3.63, 3.8) is 0 Å². The number of epoxide rings is 1. The molecule has 2 aliphatic heterocycles. The van der Waals surface area contributed by atoms with E-state index in [1.54, 1.807) is 26.2 Å². The molecule has 0 aromatic heterocycles. The number of allylic oxidation sites excluding steroid dienone is 1. The largest absolute Gasteiger partial charge is 0.455 e. The Morgan fingerprint density at radius 1 is 1.11 bits per heavy atom. The summed E-state index contributed by atoms with van der Waals surface area (Å²) in [5.41, 5.74) is -6.14. The molecule has 2 heterocycles. The fraction of sp³-hybridized carbons (Fsp3) is 0.793. The van der Waals surface area contributed by atoms with E-state index >= 15 is 0 Å². The van der Waals surface area contributed by atoms with Crippen LogP contribution in [0.1, 0.15) is 73.1 Å². The second-order valence-electron chi connectivity index (χ2n) is 13.2. The summed E-state index contributed by atoms with van der Waals surface area (Å²) >= 11 is 0. The summed E-state index contributed by atoms with van der Waals surface area (Å²) in [4.78, 5) is 26.0. The van der Waals surface area contributed by atoms with Crippen LogP contribution in [0.5, 0.6) is 0 Å². The van der Waals surface area contributed by atoms with E-state index in [2.05, 4.69) is 0 Å². The average Bonchev–Trinajstić information content (AvgIpc) is 3.53. The molecule has 37 heavy (non-hydrogen) atoms. The molecule has 6 aliphatic rings. The lowest BCUT2D eigenvalue weighted by atomic mass is 9.42. The second-order valence-corrected chi connectivity index (χ2v) is 13.2. The Bertz CT molecular complexity index is 1140. The summed E-state index contributed by atoms with van der Waals surface area (Å²) in [5, 5.41) is 36.9. The SMILES string of the molecule is CO[C@H]1C=CC(=O)[C@]2(C)[C@H]3CC[C@]4(C)[C@](O)([C@@](C)(O)[C@H]5CC(C)=C(C)C(=O)O5)CC[C@@]4(O)[C@@H]3C[C@H]3O[C@]132. The van der Waals surface area contributed by atoms with Crippen molar-refractivity contribution in [1.82, 2.24) is 0 Å². The van der Waals surface area contributed by atoms with Gasteiger partial charge in [-0.1, -0.05) is 12.5 Å². The summed E-state index contributed by atoms with van der Waals surface area (Å²) in [6.07, 6.45) is 4.23. The number of carbonyl (C=O) groups excluding carboxylic acids is 2. The fourth-order valence-corrected chi connectivity index (χ4v) is 9.65. The molecule has 1 saturated heterocycles. The number of aliphatic hydroxyl groups is 3. The molecule has 0 aromatic rings. The summed E-state index contributed by atoms with van der Waals surface area (Å²) < 4.78 is 17.7. The lowest BCUT2D eigenvalue weighted by molar-refractivity contribution is -0.283. The molecule has 204 valence electrons. The zero-order valence-corrected chi connectivity index (χ0v) is 22.7. The Hall–Kier alpha value is -1.58. The minimum Gasteiger partial charge on any atom is -0.455 e. The van der Waals surface area contributed by atoms with Gasteiger partial charge < -0.3 is 29.5 Å². The Morgan fingerprint density at radius 3 is 2.46 bits per heavy atom. The Kier molecular flexibility index (Phi) is 5.09. The highest BCUT2D eigenvalue weighted by atomic mass is 16.6. The van der Waals surface area contributed by atoms with Gasteiger partial charge in [0.25, 0.3) is 0 Å². The lowest BCUT2D eigenvalue weighted by Crippen LogP contribution is -2.73. The third-order valence-corrected chi connectivity index (χ3v) is 12.3. The number of hydrogen-bond acceptors (Lipinski definition) is 8. The van der Waals surface area contributed by atoms with Crippen molar-refractivity contribution in [3.05, 3.63) is 23.3 Å². The average molecular weight is 517 g/mol. The smallest absolute Gasteiger partial charge is 0.334 e. The Morgan fingerprint density at radius 2 is 1.81 bits per heavy atom. The zero-order chi connectivity index (χ0) is 27.0. The van der Waals surface area contributed by atoms with E-state index in [1.165, 1.54) is 6.92 Å². The highest BCUT2D eigenvalue weighted by molar-refractivity contribution is 5.98. The van der Waals surface area contributed by atoms with Gasteiger partial charge in [0.05, 0.1) is 17.1 Å². The number of ketones is 1. The minimum atomic E-state index is -1.79. The molecule has 0 radical (unpaired) electrons. The first-order valence-electron chi connectivity index (χ1n) is 13.6. The molecule has 8 heteroatoms. The van der Waals surface area contributed by atoms with Gasteiger partial charge in [0.1, 0.15) is 29.0 Å². The molecule has 4 fully saturated rings. The molecule has 0 bridgehead atoms. The van der Waals surface area contributed by atoms with Crippen LogP contribution in [0.4, 0.5) is 0 Å². The molecule has 3 N–H and O–H groups in total. The first-order valence-corrected chi connectivity index (χ1v) is 13.6. The van der Waals surface area contributed by atoms with E-state index in [0.29, 0.717) is 31.3 Å². The van der Waals surface area contributed by atoms with Crippen molar-refractivity contribution in [1.29, 1.82) is 0 Å². The van der Waals surface area contributed by atoms with E-state index in [-0.39, 0.29) is 42.7 Å². The van der Waals surface area contributed by atoms with Crippen molar-refractivity contribution in [2.75, 3.05) is 7.11 Å². The van der Waals surface area contributed by atoms with Gasteiger partial charge in [0.15, 0.2) is 5.78 Å². The predicted octanol–water partition coefficient (Wildman–Crippen LogP) is 2.38. The van der Waals surface area contributed by atoms with Crippen LogP contribution in [0.2, 0.25) is 0 Å². The van der Waals surface area contributed by atoms with E-state index in [4.69, 9.17) is 14.2 Å². The van der Waals surface area contributed by atoms with Crippen LogP contribution in [-0.4, -0.2) is 74.9 Å². The normalized spacial score (nSPS) is 54.0. The number of rotatable bonds is 3. The molecule has 0 aromatic carbocycles. The molecular weight excluding hydrogens is 476 g/mol. The van der Waals surface area contributed by atoms with Crippen LogP contribution in [0.25, 0.3) is 0 Å². The molecule has 0 amide bonds. The van der Waals surface area contributed by atoms with Crippen molar-refractivity contribution >= 4 is 11.8 Å². The first-order chi connectivity index (χ1) is 17.2. The minimum absolute atomic E-state index is 0.00258. The maximum Gasteiger partial charge on any atom is 0.334 e. The third-order valence-electron chi connectivity index (χ3n) is 12.3. The van der Waals surface area contributed by atoms with Crippen LogP contribution in [0, 0.1) is 22.7 Å². The highest BCUT2D eigenvalue weighted by Crippen LogP contribution is 2.75. The van der Waals surface area contributed by atoms with Crippen LogP contribution >= 0.6 is 0 Å². The number of hydrogen-bond donors (Lipinski definition) is 3. The summed E-state index contributed by atoms with van der Waals surface area (Å²) in [5.74, 6) is -0.949. The van der Waals surface area contributed by atoms with Crippen molar-refractivity contribution in [2.45, 2.75) is 114 Å². The van der Waals surface area contributed by atoms with Gasteiger partial charge >= 0.3 is 5.97 Å². The number of methoxy groups -OCH3 is 1. The summed E-state index contributed by atoms with van der Waals surface area (Å²) in [6.45, 7) is 8.91. The van der Waals surface area contributed by atoms with Gasteiger partial charge in [0, 0.05) is 24.5 Å². The van der Waals surface area contributed by atoms with Crippen molar-refractivity contribution < 1.29 is 39.1 Å². The van der Waals surface area contributed by atoms with Gasteiger partial charge in [-0.05, 0) is 83.8 Å². The molecule has 11 atom stereocenters. The molecule has 3 saturated carbocycles. The fourth-order valence-electron chi connectivity index (χ4n) is 9.65. The Balaban J connectivity index is 1.39. The molecule has 8 nitrogen and oxygen atoms in total. The number of cyclic esters (lactones) is 1. The number of esters is 1. The molecule has 1 spiro atoms. The lowest BCUT2D eigenvalue weighted by Gasteiger charge is -2.63. The van der Waals surface area contributed by atoms with Gasteiger partial charge in [-0.3, -0.25) is 4.79 Å². The van der Waals surface area contributed by atoms with Crippen molar-refractivity contribution in [2.24, 2.45) is 22.7 Å². The molecule has 0 unspecified atom stereocenters. The van der Waals surface area contributed by atoms with Crippen LogP contribution in [0.3, 0.4) is 0 Å².